The fraction of sp³-hybridized carbons (Fsp3) is 0.727. The Bertz CT molecular complexity index is 336. The van der Waals surface area contributed by atoms with Crippen molar-refractivity contribution in [3.05, 3.63) is 17.5 Å². The van der Waals surface area contributed by atoms with Crippen LogP contribution in [-0.4, -0.2) is 20.9 Å². The van der Waals surface area contributed by atoms with Crippen LogP contribution in [0.3, 0.4) is 0 Å². The first-order valence-electron chi connectivity index (χ1n) is 5.21. The second kappa shape index (κ2) is 3.94. The molecular weight excluding hydrogens is 190 g/mol. The average Bonchev–Trinajstić information content (AvgIpc) is 2.44. The van der Waals surface area contributed by atoms with Gasteiger partial charge in [0, 0.05) is 29.8 Å². The van der Waals surface area contributed by atoms with Gasteiger partial charge in [0.05, 0.1) is 12.3 Å². The van der Waals surface area contributed by atoms with Crippen molar-refractivity contribution in [3.8, 4) is 0 Å². The molecule has 15 heavy (non-hydrogen) atoms. The van der Waals surface area contributed by atoms with Crippen molar-refractivity contribution in [1.82, 2.24) is 9.78 Å². The Morgan fingerprint density at radius 3 is 2.40 bits per heavy atom. The first-order chi connectivity index (χ1) is 6.75. The van der Waals surface area contributed by atoms with Crippen molar-refractivity contribution >= 4 is 0 Å². The third-order valence-electron chi connectivity index (χ3n) is 2.49. The Balaban J connectivity index is 3.21. The number of hydrogen-bond acceptors (Lipinski definition) is 3. The lowest BCUT2D eigenvalue weighted by molar-refractivity contribution is 0.151. The molecule has 4 nitrogen and oxygen atoms in total. The first-order valence-corrected chi connectivity index (χ1v) is 5.21. The van der Waals surface area contributed by atoms with Crippen LogP contribution >= 0.6 is 0 Å². The van der Waals surface area contributed by atoms with E-state index in [2.05, 4.69) is 25.9 Å². The molecular formula is C11H21N3O. The fourth-order valence-electron chi connectivity index (χ4n) is 1.87. The Morgan fingerprint density at radius 1 is 1.47 bits per heavy atom. The van der Waals surface area contributed by atoms with Crippen LogP contribution in [-0.2, 0) is 12.5 Å². The van der Waals surface area contributed by atoms with Gasteiger partial charge < -0.3 is 10.8 Å². The van der Waals surface area contributed by atoms with Crippen molar-refractivity contribution in [2.45, 2.75) is 45.3 Å². The lowest BCUT2D eigenvalue weighted by Crippen LogP contribution is -2.27. The fourth-order valence-corrected chi connectivity index (χ4v) is 1.87. The lowest BCUT2D eigenvalue weighted by Gasteiger charge is -2.24. The van der Waals surface area contributed by atoms with Gasteiger partial charge in [0.25, 0.3) is 0 Å². The van der Waals surface area contributed by atoms with E-state index in [-0.39, 0.29) is 11.5 Å². The molecule has 86 valence electrons. The number of rotatable bonds is 2. The molecule has 0 aliphatic carbocycles. The first kappa shape index (κ1) is 12.2. The average molecular weight is 211 g/mol. The van der Waals surface area contributed by atoms with E-state index in [4.69, 9.17) is 5.73 Å². The predicted octanol–water partition coefficient (Wildman–Crippen LogP) is 1.10. The zero-order valence-corrected chi connectivity index (χ0v) is 10.2. The minimum Gasteiger partial charge on any atom is -0.387 e. The Labute approximate surface area is 91.1 Å². The Hall–Kier alpha value is -0.870. The quantitative estimate of drug-likeness (QED) is 0.770. The van der Waals surface area contributed by atoms with Gasteiger partial charge in [-0.1, -0.05) is 20.8 Å². The molecule has 0 spiro atoms. The van der Waals surface area contributed by atoms with Crippen LogP contribution in [0.1, 0.15) is 45.1 Å². The van der Waals surface area contributed by atoms with Gasteiger partial charge in [-0.2, -0.15) is 5.10 Å². The summed E-state index contributed by atoms with van der Waals surface area (Å²) in [5.41, 5.74) is 7.53. The van der Waals surface area contributed by atoms with E-state index in [9.17, 15) is 5.11 Å². The van der Waals surface area contributed by atoms with E-state index >= 15 is 0 Å². The summed E-state index contributed by atoms with van der Waals surface area (Å²) < 4.78 is 1.81. The van der Waals surface area contributed by atoms with Crippen molar-refractivity contribution in [3.63, 3.8) is 0 Å². The van der Waals surface area contributed by atoms with Crippen LogP contribution in [0.5, 0.6) is 0 Å². The normalized spacial score (nSPS) is 16.5. The molecule has 3 N–H and O–H groups in total. The molecule has 1 aromatic heterocycles. The molecule has 1 heterocycles. The second-order valence-corrected chi connectivity index (χ2v) is 5.13. The van der Waals surface area contributed by atoms with Gasteiger partial charge in [-0.05, 0) is 6.92 Å². The molecule has 0 aromatic carbocycles. The van der Waals surface area contributed by atoms with Gasteiger partial charge in [-0.3, -0.25) is 4.68 Å². The number of aryl methyl sites for hydroxylation is 1. The Kier molecular flexibility index (Phi) is 3.21. The van der Waals surface area contributed by atoms with E-state index in [1.54, 1.807) is 17.8 Å². The highest BCUT2D eigenvalue weighted by molar-refractivity contribution is 5.27. The SMILES string of the molecule is CC(N)C(O)c1cnn(C)c1C(C)(C)C. The summed E-state index contributed by atoms with van der Waals surface area (Å²) in [7, 11) is 1.89. The summed E-state index contributed by atoms with van der Waals surface area (Å²) in [6, 6.07) is -0.282. The van der Waals surface area contributed by atoms with Crippen molar-refractivity contribution in [2.24, 2.45) is 12.8 Å². The second-order valence-electron chi connectivity index (χ2n) is 5.13. The Morgan fingerprint density at radius 2 is 2.00 bits per heavy atom. The van der Waals surface area contributed by atoms with Crippen LogP contribution in [0, 0.1) is 0 Å². The van der Waals surface area contributed by atoms with Crippen molar-refractivity contribution in [1.29, 1.82) is 0 Å². The van der Waals surface area contributed by atoms with Gasteiger partial charge >= 0.3 is 0 Å². The van der Waals surface area contributed by atoms with Gasteiger partial charge in [-0.25, -0.2) is 0 Å². The smallest absolute Gasteiger partial charge is 0.0971 e. The highest BCUT2D eigenvalue weighted by Gasteiger charge is 2.27. The molecule has 0 aliphatic heterocycles. The van der Waals surface area contributed by atoms with Gasteiger partial charge in [0.2, 0.25) is 0 Å². The van der Waals surface area contributed by atoms with Gasteiger partial charge in [0.1, 0.15) is 0 Å². The molecule has 0 bridgehead atoms. The standard InChI is InChI=1S/C11H21N3O/c1-7(12)9(15)8-6-13-14(5)10(8)11(2,3)4/h6-7,9,15H,12H2,1-5H3. The monoisotopic (exact) mass is 211 g/mol. The maximum Gasteiger partial charge on any atom is 0.0971 e. The molecule has 0 fully saturated rings. The van der Waals surface area contributed by atoms with E-state index in [1.807, 2.05) is 7.05 Å². The van der Waals surface area contributed by atoms with Crippen molar-refractivity contribution in [2.75, 3.05) is 0 Å². The molecule has 0 aliphatic rings. The summed E-state index contributed by atoms with van der Waals surface area (Å²) in [4.78, 5) is 0. The molecule has 0 saturated carbocycles. The molecule has 0 amide bonds. The van der Waals surface area contributed by atoms with Crippen LogP contribution in [0.4, 0.5) is 0 Å². The molecule has 1 rings (SSSR count). The number of nitrogens with zero attached hydrogens (tertiary/aromatic N) is 2. The number of aliphatic hydroxyl groups excluding tert-OH is 1. The maximum atomic E-state index is 9.98. The third-order valence-corrected chi connectivity index (χ3v) is 2.49. The molecule has 0 saturated heterocycles. The lowest BCUT2D eigenvalue weighted by atomic mass is 9.87. The number of hydrogen-bond donors (Lipinski definition) is 2. The number of aromatic nitrogens is 2. The molecule has 2 unspecified atom stereocenters. The van der Waals surface area contributed by atoms with E-state index in [0.29, 0.717) is 0 Å². The molecule has 4 heteroatoms. The van der Waals surface area contributed by atoms with Crippen LogP contribution in [0.2, 0.25) is 0 Å². The highest BCUT2D eigenvalue weighted by atomic mass is 16.3. The minimum atomic E-state index is -0.645. The molecule has 1 aromatic rings. The summed E-state index contributed by atoms with van der Waals surface area (Å²) in [6.07, 6.45) is 1.06. The highest BCUT2D eigenvalue weighted by Crippen LogP contribution is 2.29. The topological polar surface area (TPSA) is 64.1 Å². The maximum absolute atomic E-state index is 9.98. The largest absolute Gasteiger partial charge is 0.387 e. The van der Waals surface area contributed by atoms with Crippen molar-refractivity contribution < 1.29 is 5.11 Å². The summed E-state index contributed by atoms with van der Waals surface area (Å²) in [5, 5.41) is 14.2. The van der Waals surface area contributed by atoms with Crippen LogP contribution in [0.15, 0.2) is 6.20 Å². The summed E-state index contributed by atoms with van der Waals surface area (Å²) in [5.74, 6) is 0. The van der Waals surface area contributed by atoms with Crippen LogP contribution in [0.25, 0.3) is 0 Å². The molecule has 2 atom stereocenters. The van der Waals surface area contributed by atoms with Gasteiger partial charge in [-0.15, -0.1) is 0 Å². The minimum absolute atomic E-state index is 0.0452. The zero-order chi connectivity index (χ0) is 11.8. The predicted molar refractivity (Wildman–Crippen MR) is 60.5 cm³/mol. The summed E-state index contributed by atoms with van der Waals surface area (Å²) in [6.45, 7) is 8.09. The van der Waals surface area contributed by atoms with Gasteiger partial charge in [0.15, 0.2) is 0 Å². The van der Waals surface area contributed by atoms with E-state index in [1.165, 1.54) is 0 Å². The molecule has 0 radical (unpaired) electrons. The number of aliphatic hydroxyl groups is 1. The van der Waals surface area contributed by atoms with E-state index in [0.717, 1.165) is 11.3 Å². The summed E-state index contributed by atoms with van der Waals surface area (Å²) >= 11 is 0. The zero-order valence-electron chi connectivity index (χ0n) is 10.2. The number of nitrogens with two attached hydrogens (primary N) is 1. The van der Waals surface area contributed by atoms with E-state index < -0.39 is 6.10 Å². The third kappa shape index (κ3) is 2.38. The van der Waals surface area contributed by atoms with Crippen LogP contribution < -0.4 is 5.73 Å².